The SMILES string of the molecule is CCc1cccc(C)c1NCc1cccc(OCC(C)C)c1. The predicted molar refractivity (Wildman–Crippen MR) is 94.7 cm³/mol. The molecule has 0 aliphatic carbocycles. The van der Waals surface area contributed by atoms with E-state index in [1.165, 1.54) is 22.4 Å². The Hall–Kier alpha value is -1.96. The Morgan fingerprint density at radius 2 is 1.86 bits per heavy atom. The maximum absolute atomic E-state index is 5.80. The summed E-state index contributed by atoms with van der Waals surface area (Å²) in [4.78, 5) is 0. The van der Waals surface area contributed by atoms with Crippen molar-refractivity contribution < 1.29 is 4.74 Å². The molecule has 118 valence electrons. The average molecular weight is 297 g/mol. The van der Waals surface area contributed by atoms with Crippen LogP contribution in [0, 0.1) is 12.8 Å². The zero-order chi connectivity index (χ0) is 15.9. The van der Waals surface area contributed by atoms with Gasteiger partial charge in [-0.25, -0.2) is 0 Å². The number of rotatable bonds is 7. The van der Waals surface area contributed by atoms with Crippen molar-refractivity contribution in [2.45, 2.75) is 40.7 Å². The van der Waals surface area contributed by atoms with E-state index in [1.807, 2.05) is 6.07 Å². The zero-order valence-electron chi connectivity index (χ0n) is 14.1. The Morgan fingerprint density at radius 3 is 2.59 bits per heavy atom. The van der Waals surface area contributed by atoms with E-state index in [1.54, 1.807) is 0 Å². The molecule has 0 fully saturated rings. The molecule has 0 aliphatic rings. The predicted octanol–water partition coefficient (Wildman–Crippen LogP) is 5.20. The molecule has 22 heavy (non-hydrogen) atoms. The molecular weight excluding hydrogens is 270 g/mol. The van der Waals surface area contributed by atoms with Crippen molar-refractivity contribution in [3.8, 4) is 5.75 Å². The summed E-state index contributed by atoms with van der Waals surface area (Å²) in [5.41, 5.74) is 5.17. The van der Waals surface area contributed by atoms with Gasteiger partial charge in [-0.05, 0) is 48.1 Å². The van der Waals surface area contributed by atoms with E-state index < -0.39 is 0 Å². The Labute approximate surface area is 134 Å². The molecule has 0 unspecified atom stereocenters. The molecule has 2 aromatic carbocycles. The van der Waals surface area contributed by atoms with Gasteiger partial charge in [-0.15, -0.1) is 0 Å². The fourth-order valence-electron chi connectivity index (χ4n) is 2.47. The minimum absolute atomic E-state index is 0.542. The first-order valence-electron chi connectivity index (χ1n) is 8.14. The number of benzene rings is 2. The molecule has 0 saturated heterocycles. The smallest absolute Gasteiger partial charge is 0.119 e. The van der Waals surface area contributed by atoms with Gasteiger partial charge in [0.05, 0.1) is 6.61 Å². The molecule has 2 heteroatoms. The number of anilines is 1. The van der Waals surface area contributed by atoms with Crippen LogP contribution in [-0.4, -0.2) is 6.61 Å². The second-order valence-electron chi connectivity index (χ2n) is 6.17. The second kappa shape index (κ2) is 7.88. The zero-order valence-corrected chi connectivity index (χ0v) is 14.1. The molecule has 0 bridgehead atoms. The summed E-state index contributed by atoms with van der Waals surface area (Å²) >= 11 is 0. The molecule has 1 N–H and O–H groups in total. The monoisotopic (exact) mass is 297 g/mol. The first kappa shape index (κ1) is 16.4. The highest BCUT2D eigenvalue weighted by molar-refractivity contribution is 5.57. The molecule has 0 radical (unpaired) electrons. The number of para-hydroxylation sites is 1. The van der Waals surface area contributed by atoms with Crippen LogP contribution < -0.4 is 10.1 Å². The van der Waals surface area contributed by atoms with Crippen molar-refractivity contribution in [2.24, 2.45) is 5.92 Å². The van der Waals surface area contributed by atoms with E-state index in [0.717, 1.165) is 25.3 Å². The highest BCUT2D eigenvalue weighted by Crippen LogP contribution is 2.22. The number of hydrogen-bond donors (Lipinski definition) is 1. The minimum atomic E-state index is 0.542. The van der Waals surface area contributed by atoms with E-state index >= 15 is 0 Å². The third-order valence-corrected chi connectivity index (χ3v) is 3.69. The quantitative estimate of drug-likeness (QED) is 0.758. The maximum Gasteiger partial charge on any atom is 0.119 e. The van der Waals surface area contributed by atoms with E-state index in [4.69, 9.17) is 4.74 Å². The van der Waals surface area contributed by atoms with Gasteiger partial charge in [0.15, 0.2) is 0 Å². The van der Waals surface area contributed by atoms with Crippen LogP contribution >= 0.6 is 0 Å². The molecule has 0 aliphatic heterocycles. The highest BCUT2D eigenvalue weighted by atomic mass is 16.5. The maximum atomic E-state index is 5.80. The fraction of sp³-hybridized carbons (Fsp3) is 0.400. The van der Waals surface area contributed by atoms with Crippen LogP contribution in [0.4, 0.5) is 5.69 Å². The topological polar surface area (TPSA) is 21.3 Å². The number of ether oxygens (including phenoxy) is 1. The van der Waals surface area contributed by atoms with Gasteiger partial charge in [0.1, 0.15) is 5.75 Å². The van der Waals surface area contributed by atoms with E-state index in [2.05, 4.69) is 69.4 Å². The lowest BCUT2D eigenvalue weighted by atomic mass is 10.1. The van der Waals surface area contributed by atoms with E-state index in [-0.39, 0.29) is 0 Å². The number of hydrogen-bond acceptors (Lipinski definition) is 2. The number of aryl methyl sites for hydroxylation is 2. The van der Waals surface area contributed by atoms with E-state index in [9.17, 15) is 0 Å². The summed E-state index contributed by atoms with van der Waals surface area (Å²) in [7, 11) is 0. The normalized spacial score (nSPS) is 10.8. The standard InChI is InChI=1S/C20H27NO/c1-5-18-10-6-8-16(4)20(18)21-13-17-9-7-11-19(12-17)22-14-15(2)3/h6-12,15,21H,5,13-14H2,1-4H3. The lowest BCUT2D eigenvalue weighted by Crippen LogP contribution is -2.06. The molecule has 0 amide bonds. The molecular formula is C20H27NO. The third kappa shape index (κ3) is 4.52. The van der Waals surface area contributed by atoms with Crippen LogP contribution in [0.5, 0.6) is 5.75 Å². The van der Waals surface area contributed by atoms with Gasteiger partial charge in [0.25, 0.3) is 0 Å². The van der Waals surface area contributed by atoms with Crippen LogP contribution in [0.1, 0.15) is 37.5 Å². The minimum Gasteiger partial charge on any atom is -0.493 e. The van der Waals surface area contributed by atoms with Crippen LogP contribution in [-0.2, 0) is 13.0 Å². The molecule has 0 atom stereocenters. The molecule has 2 aromatic rings. The summed E-state index contributed by atoms with van der Waals surface area (Å²) in [5, 5.41) is 3.59. The molecule has 2 nitrogen and oxygen atoms in total. The molecule has 0 heterocycles. The Kier molecular flexibility index (Phi) is 5.88. The Balaban J connectivity index is 2.04. The Morgan fingerprint density at radius 1 is 1.09 bits per heavy atom. The summed E-state index contributed by atoms with van der Waals surface area (Å²) in [6.07, 6.45) is 1.04. The number of nitrogens with one attached hydrogen (secondary N) is 1. The van der Waals surface area contributed by atoms with Gasteiger partial charge in [-0.1, -0.05) is 51.1 Å². The first-order valence-corrected chi connectivity index (χ1v) is 8.14. The van der Waals surface area contributed by atoms with Gasteiger partial charge in [-0.2, -0.15) is 0 Å². The van der Waals surface area contributed by atoms with Crippen LogP contribution in [0.15, 0.2) is 42.5 Å². The first-order chi connectivity index (χ1) is 10.6. The summed E-state index contributed by atoms with van der Waals surface area (Å²) in [6, 6.07) is 14.8. The van der Waals surface area contributed by atoms with Crippen molar-refractivity contribution >= 4 is 5.69 Å². The van der Waals surface area contributed by atoms with Crippen molar-refractivity contribution in [2.75, 3.05) is 11.9 Å². The summed E-state index contributed by atoms with van der Waals surface area (Å²) in [6.45, 7) is 10.3. The highest BCUT2D eigenvalue weighted by Gasteiger charge is 2.04. The summed E-state index contributed by atoms with van der Waals surface area (Å²) < 4.78 is 5.80. The third-order valence-electron chi connectivity index (χ3n) is 3.69. The van der Waals surface area contributed by atoms with Crippen molar-refractivity contribution in [3.05, 3.63) is 59.2 Å². The van der Waals surface area contributed by atoms with Crippen LogP contribution in [0.25, 0.3) is 0 Å². The van der Waals surface area contributed by atoms with Gasteiger partial charge in [0, 0.05) is 12.2 Å². The summed E-state index contributed by atoms with van der Waals surface area (Å²) in [5.74, 6) is 1.49. The van der Waals surface area contributed by atoms with Crippen molar-refractivity contribution in [3.63, 3.8) is 0 Å². The van der Waals surface area contributed by atoms with Crippen molar-refractivity contribution in [1.82, 2.24) is 0 Å². The largest absolute Gasteiger partial charge is 0.493 e. The lowest BCUT2D eigenvalue weighted by molar-refractivity contribution is 0.271. The lowest BCUT2D eigenvalue weighted by Gasteiger charge is -2.15. The van der Waals surface area contributed by atoms with Crippen molar-refractivity contribution in [1.29, 1.82) is 0 Å². The van der Waals surface area contributed by atoms with Crippen LogP contribution in [0.2, 0.25) is 0 Å². The molecule has 0 saturated carbocycles. The van der Waals surface area contributed by atoms with Gasteiger partial charge < -0.3 is 10.1 Å². The molecule has 0 spiro atoms. The van der Waals surface area contributed by atoms with Gasteiger partial charge in [0.2, 0.25) is 0 Å². The fourth-order valence-corrected chi connectivity index (χ4v) is 2.47. The van der Waals surface area contributed by atoms with Gasteiger partial charge in [-0.3, -0.25) is 0 Å². The van der Waals surface area contributed by atoms with Gasteiger partial charge >= 0.3 is 0 Å². The van der Waals surface area contributed by atoms with E-state index in [0.29, 0.717) is 5.92 Å². The van der Waals surface area contributed by atoms with Crippen LogP contribution in [0.3, 0.4) is 0 Å². The Bertz CT molecular complexity index is 604. The molecule has 0 aromatic heterocycles. The molecule has 2 rings (SSSR count). The average Bonchev–Trinajstić information content (AvgIpc) is 2.52. The second-order valence-corrected chi connectivity index (χ2v) is 6.17.